The molecular weight excluding hydrogens is 268 g/mol. The number of nitrogens with one attached hydrogen (secondary N) is 2. The van der Waals surface area contributed by atoms with Crippen molar-refractivity contribution in [2.24, 2.45) is 0 Å². The van der Waals surface area contributed by atoms with Crippen LogP contribution in [0, 0.1) is 0 Å². The van der Waals surface area contributed by atoms with Crippen LogP contribution < -0.4 is 10.6 Å². The van der Waals surface area contributed by atoms with Gasteiger partial charge in [-0.3, -0.25) is 0 Å². The van der Waals surface area contributed by atoms with Crippen LogP contribution in [-0.2, 0) is 6.54 Å². The molecule has 0 atom stereocenters. The summed E-state index contributed by atoms with van der Waals surface area (Å²) < 4.78 is 0. The van der Waals surface area contributed by atoms with E-state index < -0.39 is 0 Å². The minimum atomic E-state index is 0. The lowest BCUT2D eigenvalue weighted by Gasteiger charge is -2.05. The molecule has 0 amide bonds. The van der Waals surface area contributed by atoms with Gasteiger partial charge < -0.3 is 10.6 Å². The summed E-state index contributed by atoms with van der Waals surface area (Å²) in [7, 11) is 0. The standard InChI is InChI=1S/C13H13N.C4H11N.ClH/c1-3-7-12(8-4-1)11-14-13-9-5-2-6-10-13;1-3-5-4-2;/h1-10,14H,11H2;5H,3-4H2,1-2H3;1H. The van der Waals surface area contributed by atoms with Crippen molar-refractivity contribution in [3.63, 3.8) is 0 Å². The molecular formula is C17H25ClN2. The zero-order valence-electron chi connectivity index (χ0n) is 12.3. The van der Waals surface area contributed by atoms with Gasteiger partial charge in [0.15, 0.2) is 0 Å². The van der Waals surface area contributed by atoms with Gasteiger partial charge in [-0.05, 0) is 30.8 Å². The van der Waals surface area contributed by atoms with Crippen molar-refractivity contribution in [1.29, 1.82) is 0 Å². The first kappa shape index (κ1) is 18.5. The molecule has 0 aliphatic rings. The molecule has 0 fully saturated rings. The highest BCUT2D eigenvalue weighted by Crippen LogP contribution is 2.07. The maximum absolute atomic E-state index is 3.36. The van der Waals surface area contributed by atoms with Crippen LogP contribution in [0.15, 0.2) is 60.7 Å². The van der Waals surface area contributed by atoms with E-state index in [2.05, 4.69) is 60.9 Å². The summed E-state index contributed by atoms with van der Waals surface area (Å²) in [5, 5.41) is 6.47. The van der Waals surface area contributed by atoms with Gasteiger partial charge in [-0.25, -0.2) is 0 Å². The smallest absolute Gasteiger partial charge is 0.0400 e. The van der Waals surface area contributed by atoms with Gasteiger partial charge in [0.2, 0.25) is 0 Å². The first-order valence-corrected chi connectivity index (χ1v) is 6.90. The molecule has 110 valence electrons. The Hall–Kier alpha value is -1.51. The molecule has 2 aromatic rings. The van der Waals surface area contributed by atoms with E-state index in [9.17, 15) is 0 Å². The molecule has 3 heteroatoms. The predicted octanol–water partition coefficient (Wildman–Crippen LogP) is 4.34. The maximum Gasteiger partial charge on any atom is 0.0400 e. The fourth-order valence-electron chi connectivity index (χ4n) is 1.61. The molecule has 0 saturated heterocycles. The van der Waals surface area contributed by atoms with Crippen molar-refractivity contribution in [3.05, 3.63) is 66.2 Å². The monoisotopic (exact) mass is 292 g/mol. The highest BCUT2D eigenvalue weighted by Gasteiger charge is 1.90. The van der Waals surface area contributed by atoms with E-state index in [1.165, 1.54) is 5.56 Å². The second-order valence-corrected chi connectivity index (χ2v) is 4.16. The molecule has 0 radical (unpaired) electrons. The van der Waals surface area contributed by atoms with Crippen LogP contribution in [0.2, 0.25) is 0 Å². The number of para-hydroxylation sites is 1. The molecule has 0 aromatic heterocycles. The summed E-state index contributed by atoms with van der Waals surface area (Å²) in [4.78, 5) is 0. The SMILES string of the molecule is CCNCC.Cl.c1ccc(CNc2ccccc2)cc1. The number of hydrogen-bond acceptors (Lipinski definition) is 2. The average molecular weight is 293 g/mol. The fraction of sp³-hybridized carbons (Fsp3) is 0.294. The van der Waals surface area contributed by atoms with E-state index in [1.807, 2.05) is 24.3 Å². The molecule has 2 rings (SSSR count). The molecule has 2 aromatic carbocycles. The molecule has 20 heavy (non-hydrogen) atoms. The van der Waals surface area contributed by atoms with Gasteiger partial charge in [0.1, 0.15) is 0 Å². The molecule has 0 bridgehead atoms. The van der Waals surface area contributed by atoms with Crippen molar-refractivity contribution in [1.82, 2.24) is 5.32 Å². The van der Waals surface area contributed by atoms with Crippen molar-refractivity contribution in [2.45, 2.75) is 20.4 Å². The molecule has 0 unspecified atom stereocenters. The van der Waals surface area contributed by atoms with Crippen LogP contribution in [0.5, 0.6) is 0 Å². The molecule has 0 spiro atoms. The van der Waals surface area contributed by atoms with Gasteiger partial charge in [0.25, 0.3) is 0 Å². The van der Waals surface area contributed by atoms with E-state index in [-0.39, 0.29) is 12.4 Å². The highest BCUT2D eigenvalue weighted by atomic mass is 35.5. The summed E-state index contributed by atoms with van der Waals surface area (Å²) in [6.45, 7) is 7.27. The first-order chi connectivity index (χ1) is 9.36. The third kappa shape index (κ3) is 8.57. The molecule has 0 heterocycles. The van der Waals surface area contributed by atoms with E-state index >= 15 is 0 Å². The van der Waals surface area contributed by atoms with Crippen LogP contribution in [0.4, 0.5) is 5.69 Å². The molecule has 2 nitrogen and oxygen atoms in total. The number of hydrogen-bond donors (Lipinski definition) is 2. The average Bonchev–Trinajstić information content (AvgIpc) is 2.49. The molecule has 0 saturated carbocycles. The number of rotatable bonds is 5. The van der Waals surface area contributed by atoms with Gasteiger partial charge in [0.05, 0.1) is 0 Å². The lowest BCUT2D eigenvalue weighted by molar-refractivity contribution is 0.762. The second-order valence-electron chi connectivity index (χ2n) is 4.16. The third-order valence-electron chi connectivity index (χ3n) is 2.61. The van der Waals surface area contributed by atoms with Crippen molar-refractivity contribution in [2.75, 3.05) is 18.4 Å². The molecule has 0 aliphatic carbocycles. The van der Waals surface area contributed by atoms with Gasteiger partial charge in [-0.2, -0.15) is 0 Å². The lowest BCUT2D eigenvalue weighted by Crippen LogP contribution is -2.09. The normalized spacial score (nSPS) is 8.90. The van der Waals surface area contributed by atoms with E-state index in [0.717, 1.165) is 25.3 Å². The summed E-state index contributed by atoms with van der Waals surface area (Å²) in [6, 6.07) is 20.6. The Balaban J connectivity index is 0.000000526. The Bertz CT molecular complexity index is 376. The minimum Gasteiger partial charge on any atom is -0.381 e. The van der Waals surface area contributed by atoms with Gasteiger partial charge >= 0.3 is 0 Å². The number of benzene rings is 2. The molecule has 2 N–H and O–H groups in total. The zero-order chi connectivity index (χ0) is 13.8. The third-order valence-corrected chi connectivity index (χ3v) is 2.61. The zero-order valence-corrected chi connectivity index (χ0v) is 13.1. The summed E-state index contributed by atoms with van der Waals surface area (Å²) in [6.07, 6.45) is 0. The van der Waals surface area contributed by atoms with E-state index in [4.69, 9.17) is 0 Å². The Morgan fingerprint density at radius 3 is 1.70 bits per heavy atom. The van der Waals surface area contributed by atoms with E-state index in [0.29, 0.717) is 0 Å². The minimum absolute atomic E-state index is 0. The Morgan fingerprint density at radius 2 is 1.25 bits per heavy atom. The Kier molecular flexibility index (Phi) is 11.6. The summed E-state index contributed by atoms with van der Waals surface area (Å²) in [5.41, 5.74) is 2.47. The largest absolute Gasteiger partial charge is 0.381 e. The van der Waals surface area contributed by atoms with Gasteiger partial charge in [-0.15, -0.1) is 12.4 Å². The molecule has 0 aliphatic heterocycles. The summed E-state index contributed by atoms with van der Waals surface area (Å²) in [5.74, 6) is 0. The number of anilines is 1. The Labute approximate surface area is 129 Å². The van der Waals surface area contributed by atoms with E-state index in [1.54, 1.807) is 0 Å². The first-order valence-electron chi connectivity index (χ1n) is 6.90. The predicted molar refractivity (Wildman–Crippen MR) is 91.7 cm³/mol. The number of halogens is 1. The highest BCUT2D eigenvalue weighted by molar-refractivity contribution is 5.85. The fourth-order valence-corrected chi connectivity index (χ4v) is 1.61. The van der Waals surface area contributed by atoms with Gasteiger partial charge in [-0.1, -0.05) is 62.4 Å². The van der Waals surface area contributed by atoms with Crippen molar-refractivity contribution >= 4 is 18.1 Å². The van der Waals surface area contributed by atoms with Crippen molar-refractivity contribution in [3.8, 4) is 0 Å². The van der Waals surface area contributed by atoms with Crippen molar-refractivity contribution < 1.29 is 0 Å². The van der Waals surface area contributed by atoms with Crippen LogP contribution in [-0.4, -0.2) is 13.1 Å². The lowest BCUT2D eigenvalue weighted by atomic mass is 10.2. The topological polar surface area (TPSA) is 24.1 Å². The summed E-state index contributed by atoms with van der Waals surface area (Å²) >= 11 is 0. The second kappa shape index (κ2) is 12.5. The van der Waals surface area contributed by atoms with Crippen LogP contribution in [0.3, 0.4) is 0 Å². The van der Waals surface area contributed by atoms with Crippen LogP contribution in [0.1, 0.15) is 19.4 Å². The van der Waals surface area contributed by atoms with Gasteiger partial charge in [0, 0.05) is 12.2 Å². The van der Waals surface area contributed by atoms with Crippen LogP contribution >= 0.6 is 12.4 Å². The Morgan fingerprint density at radius 1 is 0.750 bits per heavy atom. The maximum atomic E-state index is 3.36. The van der Waals surface area contributed by atoms with Crippen LogP contribution in [0.25, 0.3) is 0 Å². The quantitative estimate of drug-likeness (QED) is 0.857.